The van der Waals surface area contributed by atoms with E-state index in [2.05, 4.69) is 0 Å². The number of nitrogens with zero attached hydrogens (tertiary/aromatic N) is 1. The van der Waals surface area contributed by atoms with Crippen LogP contribution in [0.25, 0.3) is 0 Å². The molecule has 0 saturated heterocycles. The summed E-state index contributed by atoms with van der Waals surface area (Å²) >= 11 is 6.04. The Bertz CT molecular complexity index is 802. The van der Waals surface area contributed by atoms with Gasteiger partial charge in [-0.25, -0.2) is 4.79 Å². The smallest absolute Gasteiger partial charge is 0.338 e. The topological polar surface area (TPSA) is 55.8 Å². The van der Waals surface area contributed by atoms with Gasteiger partial charge in [-0.2, -0.15) is 0 Å². The van der Waals surface area contributed by atoms with E-state index in [1.54, 1.807) is 49.1 Å². The zero-order valence-corrected chi connectivity index (χ0v) is 14.7. The molecule has 1 aliphatic heterocycles. The first kappa shape index (κ1) is 17.3. The first-order chi connectivity index (χ1) is 11.9. The number of esters is 1. The number of carbonyl (C=O) groups is 2. The van der Waals surface area contributed by atoms with Crippen LogP contribution in [-0.2, 0) is 16.1 Å². The van der Waals surface area contributed by atoms with Crippen LogP contribution in [0.4, 0.5) is 5.69 Å². The van der Waals surface area contributed by atoms with Gasteiger partial charge in [0.05, 0.1) is 23.9 Å². The standard InChI is InChI=1S/C19H18ClNO4/c1-12(2)25-19(23)14-5-3-13(4-6-14)10-21-16-9-15(20)7-8-17(16)24-11-18(21)22/h3-9,12H,10-11H2,1-2H3. The van der Waals surface area contributed by atoms with Crippen molar-refractivity contribution >= 4 is 29.2 Å². The molecule has 0 fully saturated rings. The average Bonchev–Trinajstić information content (AvgIpc) is 2.57. The summed E-state index contributed by atoms with van der Waals surface area (Å²) in [6, 6.07) is 12.2. The van der Waals surface area contributed by atoms with E-state index in [1.165, 1.54) is 0 Å². The molecule has 6 heteroatoms. The number of carbonyl (C=O) groups excluding carboxylic acids is 2. The van der Waals surface area contributed by atoms with Gasteiger partial charge in [0.15, 0.2) is 6.61 Å². The Labute approximate surface area is 151 Å². The van der Waals surface area contributed by atoms with E-state index < -0.39 is 0 Å². The molecule has 1 heterocycles. The van der Waals surface area contributed by atoms with E-state index in [9.17, 15) is 9.59 Å². The summed E-state index contributed by atoms with van der Waals surface area (Å²) in [6.45, 7) is 3.97. The normalized spacial score (nSPS) is 13.4. The third kappa shape index (κ3) is 3.94. The molecule has 0 bridgehead atoms. The molecule has 0 atom stereocenters. The van der Waals surface area contributed by atoms with Gasteiger partial charge >= 0.3 is 5.97 Å². The number of anilines is 1. The van der Waals surface area contributed by atoms with Crippen molar-refractivity contribution in [2.75, 3.05) is 11.5 Å². The molecule has 2 aromatic rings. The van der Waals surface area contributed by atoms with Crippen molar-refractivity contribution in [2.45, 2.75) is 26.5 Å². The van der Waals surface area contributed by atoms with E-state index in [4.69, 9.17) is 21.1 Å². The second-order valence-electron chi connectivity index (χ2n) is 6.03. The summed E-state index contributed by atoms with van der Waals surface area (Å²) in [4.78, 5) is 25.8. The van der Waals surface area contributed by atoms with Gasteiger partial charge < -0.3 is 14.4 Å². The Kier molecular flexibility index (Phi) is 4.95. The largest absolute Gasteiger partial charge is 0.482 e. The summed E-state index contributed by atoms with van der Waals surface area (Å²) < 4.78 is 10.6. The number of rotatable bonds is 4. The fraction of sp³-hybridized carbons (Fsp3) is 0.263. The van der Waals surface area contributed by atoms with Crippen LogP contribution in [0.3, 0.4) is 0 Å². The van der Waals surface area contributed by atoms with E-state index in [1.807, 2.05) is 12.1 Å². The maximum absolute atomic E-state index is 12.3. The molecule has 2 aromatic carbocycles. The minimum Gasteiger partial charge on any atom is -0.482 e. The lowest BCUT2D eigenvalue weighted by Crippen LogP contribution is -2.38. The molecule has 3 rings (SSSR count). The van der Waals surface area contributed by atoms with Gasteiger partial charge in [0.2, 0.25) is 0 Å². The highest BCUT2D eigenvalue weighted by Crippen LogP contribution is 2.35. The van der Waals surface area contributed by atoms with E-state index in [0.717, 1.165) is 5.56 Å². The minimum atomic E-state index is -0.360. The number of benzene rings is 2. The number of halogens is 1. The summed E-state index contributed by atoms with van der Waals surface area (Å²) in [5.41, 5.74) is 2.02. The number of fused-ring (bicyclic) bond motifs is 1. The molecule has 25 heavy (non-hydrogen) atoms. The van der Waals surface area contributed by atoms with Crippen LogP contribution >= 0.6 is 11.6 Å². The van der Waals surface area contributed by atoms with Crippen molar-refractivity contribution in [3.8, 4) is 5.75 Å². The predicted molar refractivity (Wildman–Crippen MR) is 95.1 cm³/mol. The van der Waals surface area contributed by atoms with Crippen molar-refractivity contribution in [3.05, 3.63) is 58.6 Å². The molecule has 0 N–H and O–H groups in total. The van der Waals surface area contributed by atoms with Crippen LogP contribution in [0.2, 0.25) is 5.02 Å². The average molecular weight is 360 g/mol. The lowest BCUT2D eigenvalue weighted by molar-refractivity contribution is -0.121. The highest BCUT2D eigenvalue weighted by molar-refractivity contribution is 6.31. The lowest BCUT2D eigenvalue weighted by Gasteiger charge is -2.29. The minimum absolute atomic E-state index is 0.00652. The molecular weight excluding hydrogens is 342 g/mol. The monoisotopic (exact) mass is 359 g/mol. The summed E-state index contributed by atoms with van der Waals surface area (Å²) in [5, 5.41) is 0.536. The maximum Gasteiger partial charge on any atom is 0.338 e. The van der Waals surface area contributed by atoms with Crippen LogP contribution in [0.5, 0.6) is 5.75 Å². The first-order valence-corrected chi connectivity index (χ1v) is 8.34. The number of hydrogen-bond donors (Lipinski definition) is 0. The van der Waals surface area contributed by atoms with Crippen LogP contribution < -0.4 is 9.64 Å². The highest BCUT2D eigenvalue weighted by Gasteiger charge is 2.26. The Morgan fingerprint density at radius 3 is 2.64 bits per heavy atom. The second-order valence-corrected chi connectivity index (χ2v) is 6.47. The lowest BCUT2D eigenvalue weighted by atomic mass is 10.1. The van der Waals surface area contributed by atoms with E-state index in [0.29, 0.717) is 28.6 Å². The van der Waals surface area contributed by atoms with Crippen molar-refractivity contribution in [2.24, 2.45) is 0 Å². The van der Waals surface area contributed by atoms with Crippen LogP contribution in [0, 0.1) is 0 Å². The van der Waals surface area contributed by atoms with Crippen LogP contribution in [-0.4, -0.2) is 24.6 Å². The first-order valence-electron chi connectivity index (χ1n) is 7.96. The fourth-order valence-corrected chi connectivity index (χ4v) is 2.73. The molecule has 0 unspecified atom stereocenters. The van der Waals surface area contributed by atoms with Gasteiger partial charge in [-0.1, -0.05) is 23.7 Å². The third-order valence-corrected chi connectivity index (χ3v) is 3.97. The Balaban J connectivity index is 1.80. The van der Waals surface area contributed by atoms with Crippen molar-refractivity contribution < 1.29 is 19.1 Å². The fourth-order valence-electron chi connectivity index (χ4n) is 2.56. The zero-order valence-electron chi connectivity index (χ0n) is 14.0. The van der Waals surface area contributed by atoms with Crippen molar-refractivity contribution in [1.82, 2.24) is 0 Å². The number of amides is 1. The summed E-state index contributed by atoms with van der Waals surface area (Å²) in [7, 11) is 0. The number of hydrogen-bond acceptors (Lipinski definition) is 4. The molecule has 0 radical (unpaired) electrons. The van der Waals surface area contributed by atoms with Crippen LogP contribution in [0.1, 0.15) is 29.8 Å². The predicted octanol–water partition coefficient (Wildman–Crippen LogP) is 3.83. The molecule has 130 valence electrons. The second kappa shape index (κ2) is 7.15. The Hall–Kier alpha value is -2.53. The molecule has 0 aliphatic carbocycles. The summed E-state index contributed by atoms with van der Waals surface area (Å²) in [6.07, 6.45) is -0.167. The molecule has 0 aromatic heterocycles. The molecule has 5 nitrogen and oxygen atoms in total. The van der Waals surface area contributed by atoms with Gasteiger partial charge in [-0.3, -0.25) is 4.79 Å². The molecule has 0 spiro atoms. The van der Waals surface area contributed by atoms with Crippen molar-refractivity contribution in [1.29, 1.82) is 0 Å². The van der Waals surface area contributed by atoms with Gasteiger partial charge in [-0.05, 0) is 49.7 Å². The quantitative estimate of drug-likeness (QED) is 0.778. The van der Waals surface area contributed by atoms with E-state index in [-0.39, 0.29) is 24.6 Å². The highest BCUT2D eigenvalue weighted by atomic mass is 35.5. The molecule has 1 aliphatic rings. The van der Waals surface area contributed by atoms with Crippen LogP contribution in [0.15, 0.2) is 42.5 Å². The number of ether oxygens (including phenoxy) is 2. The third-order valence-electron chi connectivity index (χ3n) is 3.74. The molecule has 0 saturated carbocycles. The maximum atomic E-state index is 12.3. The Morgan fingerprint density at radius 1 is 1.24 bits per heavy atom. The molecule has 1 amide bonds. The molecular formula is C19H18ClNO4. The van der Waals surface area contributed by atoms with Gasteiger partial charge in [0.25, 0.3) is 5.91 Å². The Morgan fingerprint density at radius 2 is 1.96 bits per heavy atom. The zero-order chi connectivity index (χ0) is 18.0. The summed E-state index contributed by atoms with van der Waals surface area (Å²) in [5.74, 6) is 0.125. The van der Waals surface area contributed by atoms with Crippen molar-refractivity contribution in [3.63, 3.8) is 0 Å². The van der Waals surface area contributed by atoms with Gasteiger partial charge in [0.1, 0.15) is 5.75 Å². The van der Waals surface area contributed by atoms with Gasteiger partial charge in [0, 0.05) is 5.02 Å². The van der Waals surface area contributed by atoms with E-state index >= 15 is 0 Å². The SMILES string of the molecule is CC(C)OC(=O)c1ccc(CN2C(=O)COc3ccc(Cl)cc32)cc1. The van der Waals surface area contributed by atoms with Gasteiger partial charge in [-0.15, -0.1) is 0 Å².